The van der Waals surface area contributed by atoms with Gasteiger partial charge in [-0.2, -0.15) is 0 Å². The highest BCUT2D eigenvalue weighted by Crippen LogP contribution is 2.29. The summed E-state index contributed by atoms with van der Waals surface area (Å²) < 4.78 is 38.1. The number of hydrogen-bond acceptors (Lipinski definition) is 0. The molecular weight excluding hydrogens is 165 g/mol. The van der Waals surface area contributed by atoms with Crippen molar-refractivity contribution in [1.82, 2.24) is 0 Å². The minimum absolute atomic E-state index is 0.548. The van der Waals surface area contributed by atoms with Crippen LogP contribution in [0.4, 0.5) is 13.2 Å². The Balaban J connectivity index is 3.19. The third-order valence-electron chi connectivity index (χ3n) is 1.60. The van der Waals surface area contributed by atoms with Crippen LogP contribution >= 0.6 is 0 Å². The molecule has 0 radical (unpaired) electrons. The Bertz CT molecular complexity index is 286. The van der Waals surface area contributed by atoms with Gasteiger partial charge in [-0.3, -0.25) is 0 Å². The standard InChI is InChI=1S/C9H9F3/c1-6-3-4-7(8(10)5-6)9(2,11)12/h3-5H,1-2H3. The lowest BCUT2D eigenvalue weighted by Crippen LogP contribution is -2.09. The Hall–Kier alpha value is -0.990. The zero-order valence-corrected chi connectivity index (χ0v) is 6.87. The van der Waals surface area contributed by atoms with Crippen molar-refractivity contribution in [1.29, 1.82) is 0 Å². The molecule has 66 valence electrons. The summed E-state index contributed by atoms with van der Waals surface area (Å²) >= 11 is 0. The third-order valence-corrected chi connectivity index (χ3v) is 1.60. The van der Waals surface area contributed by atoms with E-state index in [2.05, 4.69) is 0 Å². The third kappa shape index (κ3) is 1.78. The molecule has 0 aliphatic carbocycles. The lowest BCUT2D eigenvalue weighted by Gasteiger charge is -2.11. The summed E-state index contributed by atoms with van der Waals surface area (Å²) in [5.74, 6) is -3.94. The predicted molar refractivity (Wildman–Crippen MR) is 40.7 cm³/mol. The zero-order chi connectivity index (χ0) is 9.35. The number of alkyl halides is 2. The molecule has 0 heterocycles. The van der Waals surface area contributed by atoms with E-state index in [-0.39, 0.29) is 0 Å². The summed E-state index contributed by atoms with van der Waals surface area (Å²) in [5.41, 5.74) is 0.0913. The Kier molecular flexibility index (Phi) is 2.13. The van der Waals surface area contributed by atoms with Gasteiger partial charge in [-0.1, -0.05) is 6.07 Å². The van der Waals surface area contributed by atoms with Crippen LogP contribution in [0.1, 0.15) is 18.1 Å². The Morgan fingerprint density at radius 3 is 2.25 bits per heavy atom. The van der Waals surface area contributed by atoms with E-state index in [1.807, 2.05) is 0 Å². The first-order chi connectivity index (χ1) is 5.41. The van der Waals surface area contributed by atoms with Crippen LogP contribution in [0, 0.1) is 12.7 Å². The van der Waals surface area contributed by atoms with E-state index in [1.165, 1.54) is 6.07 Å². The molecule has 0 aromatic heterocycles. The van der Waals surface area contributed by atoms with Crippen LogP contribution in [0.5, 0.6) is 0 Å². The van der Waals surface area contributed by atoms with Crippen molar-refractivity contribution in [3.8, 4) is 0 Å². The topological polar surface area (TPSA) is 0 Å². The van der Waals surface area contributed by atoms with Crippen LogP contribution in [0.2, 0.25) is 0 Å². The molecule has 3 heteroatoms. The minimum atomic E-state index is -3.10. The van der Waals surface area contributed by atoms with Crippen molar-refractivity contribution in [3.05, 3.63) is 35.1 Å². The first-order valence-electron chi connectivity index (χ1n) is 3.55. The molecule has 0 amide bonds. The number of hydrogen-bond donors (Lipinski definition) is 0. The second-order valence-corrected chi connectivity index (χ2v) is 2.87. The van der Waals surface area contributed by atoms with Gasteiger partial charge in [-0.05, 0) is 24.6 Å². The van der Waals surface area contributed by atoms with Gasteiger partial charge in [-0.25, -0.2) is 13.2 Å². The van der Waals surface area contributed by atoms with E-state index in [1.54, 1.807) is 6.92 Å². The van der Waals surface area contributed by atoms with Crippen molar-refractivity contribution in [3.63, 3.8) is 0 Å². The molecule has 0 aliphatic rings. The fourth-order valence-corrected chi connectivity index (χ4v) is 0.976. The van der Waals surface area contributed by atoms with E-state index < -0.39 is 17.3 Å². The summed E-state index contributed by atoms with van der Waals surface area (Å²) in [4.78, 5) is 0. The van der Waals surface area contributed by atoms with Gasteiger partial charge in [0.2, 0.25) is 0 Å². The van der Waals surface area contributed by atoms with Gasteiger partial charge in [0, 0.05) is 6.92 Å². The molecule has 0 bridgehead atoms. The molecule has 0 nitrogen and oxygen atoms in total. The average Bonchev–Trinajstić information content (AvgIpc) is 1.83. The highest BCUT2D eigenvalue weighted by Gasteiger charge is 2.27. The van der Waals surface area contributed by atoms with Crippen LogP contribution in [0.15, 0.2) is 18.2 Å². The molecule has 0 atom stereocenters. The van der Waals surface area contributed by atoms with Crippen molar-refractivity contribution in [2.45, 2.75) is 19.8 Å². The predicted octanol–water partition coefficient (Wildman–Crippen LogP) is 3.25. The maximum atomic E-state index is 12.9. The molecule has 0 unspecified atom stereocenters. The monoisotopic (exact) mass is 174 g/mol. The molecule has 0 aliphatic heterocycles. The molecule has 0 saturated heterocycles. The van der Waals surface area contributed by atoms with E-state index in [9.17, 15) is 13.2 Å². The number of rotatable bonds is 1. The van der Waals surface area contributed by atoms with Crippen molar-refractivity contribution < 1.29 is 13.2 Å². The number of aryl methyl sites for hydroxylation is 1. The van der Waals surface area contributed by atoms with Crippen LogP contribution in [-0.2, 0) is 5.92 Å². The molecule has 12 heavy (non-hydrogen) atoms. The quantitative estimate of drug-likeness (QED) is 0.613. The second kappa shape index (κ2) is 2.81. The van der Waals surface area contributed by atoms with Crippen molar-refractivity contribution in [2.24, 2.45) is 0 Å². The van der Waals surface area contributed by atoms with Gasteiger partial charge in [0.05, 0.1) is 5.56 Å². The van der Waals surface area contributed by atoms with E-state index in [4.69, 9.17) is 0 Å². The molecule has 1 rings (SSSR count). The Morgan fingerprint density at radius 2 is 1.83 bits per heavy atom. The number of halogens is 3. The van der Waals surface area contributed by atoms with Crippen molar-refractivity contribution in [2.75, 3.05) is 0 Å². The number of benzene rings is 1. The first kappa shape index (κ1) is 9.10. The molecule has 0 spiro atoms. The Morgan fingerprint density at radius 1 is 1.25 bits per heavy atom. The fraction of sp³-hybridized carbons (Fsp3) is 0.333. The lowest BCUT2D eigenvalue weighted by atomic mass is 10.1. The highest BCUT2D eigenvalue weighted by atomic mass is 19.3. The SMILES string of the molecule is Cc1ccc(C(C)(F)F)c(F)c1. The molecule has 0 saturated carbocycles. The largest absolute Gasteiger partial charge is 0.273 e. The van der Waals surface area contributed by atoms with E-state index in [0.717, 1.165) is 12.1 Å². The lowest BCUT2D eigenvalue weighted by molar-refractivity contribution is 0.0137. The van der Waals surface area contributed by atoms with Gasteiger partial charge >= 0.3 is 0 Å². The zero-order valence-electron chi connectivity index (χ0n) is 6.87. The van der Waals surface area contributed by atoms with E-state index in [0.29, 0.717) is 12.5 Å². The summed E-state index contributed by atoms with van der Waals surface area (Å²) in [6.45, 7) is 2.33. The highest BCUT2D eigenvalue weighted by molar-refractivity contribution is 5.26. The van der Waals surface area contributed by atoms with Crippen LogP contribution in [0.25, 0.3) is 0 Å². The van der Waals surface area contributed by atoms with Crippen LogP contribution < -0.4 is 0 Å². The summed E-state index contributed by atoms with van der Waals surface area (Å²) in [6.07, 6.45) is 0. The molecule has 0 N–H and O–H groups in total. The summed E-state index contributed by atoms with van der Waals surface area (Å²) in [6, 6.07) is 3.69. The van der Waals surface area contributed by atoms with Crippen molar-refractivity contribution >= 4 is 0 Å². The van der Waals surface area contributed by atoms with Crippen LogP contribution in [-0.4, -0.2) is 0 Å². The van der Waals surface area contributed by atoms with Gasteiger partial charge < -0.3 is 0 Å². The summed E-state index contributed by atoms with van der Waals surface area (Å²) in [7, 11) is 0. The molecule has 1 aromatic rings. The van der Waals surface area contributed by atoms with Gasteiger partial charge in [0.25, 0.3) is 5.92 Å². The minimum Gasteiger partial charge on any atom is -0.206 e. The van der Waals surface area contributed by atoms with Gasteiger partial charge in [-0.15, -0.1) is 0 Å². The second-order valence-electron chi connectivity index (χ2n) is 2.87. The average molecular weight is 174 g/mol. The smallest absolute Gasteiger partial charge is 0.206 e. The molecule has 0 fully saturated rings. The fourth-order valence-electron chi connectivity index (χ4n) is 0.976. The molecule has 1 aromatic carbocycles. The maximum absolute atomic E-state index is 12.9. The van der Waals surface area contributed by atoms with Crippen LogP contribution in [0.3, 0.4) is 0 Å². The molecular formula is C9H9F3. The summed E-state index contributed by atoms with van der Waals surface area (Å²) in [5, 5.41) is 0. The van der Waals surface area contributed by atoms with Gasteiger partial charge in [0.15, 0.2) is 0 Å². The normalized spacial score (nSPS) is 11.8. The van der Waals surface area contributed by atoms with Gasteiger partial charge in [0.1, 0.15) is 5.82 Å². The first-order valence-corrected chi connectivity index (χ1v) is 3.55. The Labute approximate surface area is 69.0 Å². The maximum Gasteiger partial charge on any atom is 0.273 e. The van der Waals surface area contributed by atoms with E-state index >= 15 is 0 Å².